The molecule has 0 unspecified atom stereocenters. The highest BCUT2D eigenvalue weighted by molar-refractivity contribution is 9.10. The third-order valence-corrected chi connectivity index (χ3v) is 5.66. The van der Waals surface area contributed by atoms with Gasteiger partial charge < -0.3 is 19.9 Å². The van der Waals surface area contributed by atoms with Crippen LogP contribution in [0.5, 0.6) is 5.75 Å². The van der Waals surface area contributed by atoms with E-state index in [1.165, 1.54) is 0 Å². The summed E-state index contributed by atoms with van der Waals surface area (Å²) in [7, 11) is 0. The first-order chi connectivity index (χ1) is 14.8. The topological polar surface area (TPSA) is 80.2 Å². The van der Waals surface area contributed by atoms with Crippen molar-refractivity contribution in [2.45, 2.75) is 51.3 Å². The van der Waals surface area contributed by atoms with E-state index < -0.39 is 11.6 Å². The Morgan fingerprint density at radius 3 is 2.52 bits per heavy atom. The maximum atomic E-state index is 13.3. The second-order valence-corrected chi connectivity index (χ2v) is 8.90. The SMILES string of the molecule is CC(C)NC(=O)[C@]1(Cc2ccc(Br)cc2)N=C(c2ccc(OCCCO)cc2)O[C@@H]1C. The van der Waals surface area contributed by atoms with E-state index in [1.807, 2.05) is 69.3 Å². The normalized spacial score (nSPS) is 20.3. The van der Waals surface area contributed by atoms with E-state index in [9.17, 15) is 4.79 Å². The Morgan fingerprint density at radius 1 is 1.23 bits per heavy atom. The highest BCUT2D eigenvalue weighted by Crippen LogP contribution is 2.33. The molecule has 1 aliphatic rings. The van der Waals surface area contributed by atoms with Crippen molar-refractivity contribution in [3.63, 3.8) is 0 Å². The lowest BCUT2D eigenvalue weighted by Gasteiger charge is -2.29. The Balaban J connectivity index is 1.89. The van der Waals surface area contributed by atoms with Gasteiger partial charge in [-0.2, -0.15) is 0 Å². The van der Waals surface area contributed by atoms with Crippen LogP contribution in [0.15, 0.2) is 58.0 Å². The van der Waals surface area contributed by atoms with Crippen molar-refractivity contribution in [1.29, 1.82) is 0 Å². The van der Waals surface area contributed by atoms with Gasteiger partial charge in [0.1, 0.15) is 11.9 Å². The number of ether oxygens (including phenoxy) is 2. The summed E-state index contributed by atoms with van der Waals surface area (Å²) in [5.74, 6) is 1.02. The molecule has 166 valence electrons. The van der Waals surface area contributed by atoms with Crippen LogP contribution in [0.2, 0.25) is 0 Å². The predicted molar refractivity (Wildman–Crippen MR) is 125 cm³/mol. The number of hydrogen-bond acceptors (Lipinski definition) is 5. The van der Waals surface area contributed by atoms with Crippen molar-refractivity contribution in [2.24, 2.45) is 4.99 Å². The summed E-state index contributed by atoms with van der Waals surface area (Å²) < 4.78 is 12.7. The van der Waals surface area contributed by atoms with Crippen LogP contribution < -0.4 is 10.1 Å². The lowest BCUT2D eigenvalue weighted by atomic mass is 9.85. The number of benzene rings is 2. The minimum absolute atomic E-state index is 0.00362. The Labute approximate surface area is 191 Å². The zero-order valence-corrected chi connectivity index (χ0v) is 19.7. The highest BCUT2D eigenvalue weighted by Gasteiger charge is 2.50. The Morgan fingerprint density at radius 2 is 1.90 bits per heavy atom. The largest absolute Gasteiger partial charge is 0.494 e. The molecule has 1 aliphatic heterocycles. The number of carbonyl (C=O) groups is 1. The maximum absolute atomic E-state index is 13.3. The standard InChI is InChI=1S/C24H29BrN2O4/c1-16(2)26-23(29)24(15-18-5-9-20(25)10-6-18)17(3)31-22(27-24)19-7-11-21(12-8-19)30-14-4-13-28/h5-12,16-17,28H,4,13-15H2,1-3H3,(H,26,29)/t17-,24-/m1/s1. The molecule has 0 bridgehead atoms. The van der Waals surface area contributed by atoms with Gasteiger partial charge in [0.2, 0.25) is 5.90 Å². The molecule has 6 nitrogen and oxygen atoms in total. The smallest absolute Gasteiger partial charge is 0.252 e. The molecule has 2 N–H and O–H groups in total. The van der Waals surface area contributed by atoms with E-state index >= 15 is 0 Å². The number of aliphatic hydroxyl groups is 1. The summed E-state index contributed by atoms with van der Waals surface area (Å²) in [6.07, 6.45) is 0.593. The number of rotatable bonds is 9. The van der Waals surface area contributed by atoms with Gasteiger partial charge >= 0.3 is 0 Å². The number of aliphatic imine (C=N–C) groups is 1. The molecule has 0 saturated carbocycles. The highest BCUT2D eigenvalue weighted by atomic mass is 79.9. The van der Waals surface area contributed by atoms with Crippen molar-refractivity contribution in [3.8, 4) is 5.75 Å². The fourth-order valence-electron chi connectivity index (χ4n) is 3.44. The van der Waals surface area contributed by atoms with Crippen LogP contribution in [-0.4, -0.2) is 47.8 Å². The van der Waals surface area contributed by atoms with Crippen molar-refractivity contribution < 1.29 is 19.4 Å². The van der Waals surface area contributed by atoms with Gasteiger partial charge in [0.25, 0.3) is 5.91 Å². The molecule has 3 rings (SSSR count). The lowest BCUT2D eigenvalue weighted by molar-refractivity contribution is -0.128. The van der Waals surface area contributed by atoms with E-state index in [0.717, 1.165) is 15.6 Å². The summed E-state index contributed by atoms with van der Waals surface area (Å²) in [6.45, 7) is 6.31. The summed E-state index contributed by atoms with van der Waals surface area (Å²) in [5, 5.41) is 11.9. The summed E-state index contributed by atoms with van der Waals surface area (Å²) in [4.78, 5) is 18.1. The minimum Gasteiger partial charge on any atom is -0.494 e. The van der Waals surface area contributed by atoms with E-state index in [2.05, 4.69) is 21.2 Å². The third-order valence-electron chi connectivity index (χ3n) is 5.13. The summed E-state index contributed by atoms with van der Waals surface area (Å²) in [5.41, 5.74) is 0.746. The zero-order valence-electron chi connectivity index (χ0n) is 18.1. The molecule has 2 aromatic carbocycles. The number of carbonyl (C=O) groups excluding carboxylic acids is 1. The second-order valence-electron chi connectivity index (χ2n) is 7.98. The molecule has 2 atom stereocenters. The van der Waals surface area contributed by atoms with Gasteiger partial charge in [-0.3, -0.25) is 4.79 Å². The second kappa shape index (κ2) is 10.3. The number of hydrogen-bond donors (Lipinski definition) is 2. The fraction of sp³-hybridized carbons (Fsp3) is 0.417. The van der Waals surface area contributed by atoms with Gasteiger partial charge in [-0.25, -0.2) is 4.99 Å². The quantitative estimate of drug-likeness (QED) is 0.524. The number of nitrogens with one attached hydrogen (secondary N) is 1. The molecule has 31 heavy (non-hydrogen) atoms. The number of aliphatic hydroxyl groups excluding tert-OH is 1. The van der Waals surface area contributed by atoms with E-state index in [-0.39, 0.29) is 18.6 Å². The fourth-order valence-corrected chi connectivity index (χ4v) is 3.71. The van der Waals surface area contributed by atoms with Crippen LogP contribution in [-0.2, 0) is 16.0 Å². The van der Waals surface area contributed by atoms with Gasteiger partial charge in [-0.05, 0) is 62.7 Å². The first-order valence-electron chi connectivity index (χ1n) is 10.5. The van der Waals surface area contributed by atoms with E-state index in [4.69, 9.17) is 19.6 Å². The Kier molecular flexibility index (Phi) is 7.73. The van der Waals surface area contributed by atoms with Gasteiger partial charge in [-0.1, -0.05) is 28.1 Å². The number of nitrogens with zero attached hydrogens (tertiary/aromatic N) is 1. The van der Waals surface area contributed by atoms with Gasteiger partial charge in [0.05, 0.1) is 6.61 Å². The van der Waals surface area contributed by atoms with Crippen LogP contribution in [0.3, 0.4) is 0 Å². The Hall–Kier alpha value is -2.38. The Bertz CT molecular complexity index is 912. The van der Waals surface area contributed by atoms with Crippen molar-refractivity contribution >= 4 is 27.7 Å². The molecule has 0 spiro atoms. The molecule has 0 fully saturated rings. The first kappa shape index (κ1) is 23.3. The predicted octanol–water partition coefficient (Wildman–Crippen LogP) is 3.88. The van der Waals surface area contributed by atoms with E-state index in [1.54, 1.807) is 0 Å². The molecular formula is C24H29BrN2O4. The molecule has 0 radical (unpaired) electrons. The van der Waals surface area contributed by atoms with Crippen molar-refractivity contribution in [1.82, 2.24) is 5.32 Å². The molecule has 0 saturated heterocycles. The van der Waals surface area contributed by atoms with Gasteiger partial charge in [0, 0.05) is 35.5 Å². The molecular weight excluding hydrogens is 460 g/mol. The van der Waals surface area contributed by atoms with Crippen molar-refractivity contribution in [2.75, 3.05) is 13.2 Å². The molecule has 1 amide bonds. The van der Waals surface area contributed by atoms with Gasteiger partial charge in [-0.15, -0.1) is 0 Å². The molecule has 2 aromatic rings. The first-order valence-corrected chi connectivity index (χ1v) is 11.3. The van der Waals surface area contributed by atoms with Crippen LogP contribution in [0.4, 0.5) is 0 Å². The van der Waals surface area contributed by atoms with Crippen LogP contribution in [0, 0.1) is 0 Å². The average molecular weight is 489 g/mol. The lowest BCUT2D eigenvalue weighted by Crippen LogP contribution is -2.54. The average Bonchev–Trinajstić information content (AvgIpc) is 3.07. The van der Waals surface area contributed by atoms with E-state index in [0.29, 0.717) is 31.1 Å². The maximum Gasteiger partial charge on any atom is 0.252 e. The van der Waals surface area contributed by atoms with Gasteiger partial charge in [0.15, 0.2) is 5.54 Å². The number of amides is 1. The summed E-state index contributed by atoms with van der Waals surface area (Å²) in [6, 6.07) is 15.3. The zero-order chi connectivity index (χ0) is 22.4. The third kappa shape index (κ3) is 5.66. The van der Waals surface area contributed by atoms with Crippen molar-refractivity contribution in [3.05, 3.63) is 64.1 Å². The van der Waals surface area contributed by atoms with Crippen LogP contribution in [0.25, 0.3) is 0 Å². The molecule has 0 aromatic heterocycles. The van der Waals surface area contributed by atoms with Crippen LogP contribution >= 0.6 is 15.9 Å². The van der Waals surface area contributed by atoms with Crippen LogP contribution in [0.1, 0.15) is 38.3 Å². The molecule has 0 aliphatic carbocycles. The monoisotopic (exact) mass is 488 g/mol. The minimum atomic E-state index is -1.05. The molecule has 7 heteroatoms. The number of halogens is 1. The molecule has 1 heterocycles. The summed E-state index contributed by atoms with van der Waals surface area (Å²) >= 11 is 3.46.